The number of rotatable bonds is 8. The maximum Gasteiger partial charge on any atom is 0.425 e. The Hall–Kier alpha value is -3.54. The highest BCUT2D eigenvalue weighted by atomic mass is 32.1. The molecule has 0 amide bonds. The summed E-state index contributed by atoms with van der Waals surface area (Å²) in [4.78, 5) is 29.2. The van der Waals surface area contributed by atoms with Crippen molar-refractivity contribution in [2.45, 2.75) is 78.6 Å². The summed E-state index contributed by atoms with van der Waals surface area (Å²) in [6.45, 7) is 10.2. The molecule has 1 fully saturated rings. The number of carboxylic acids is 1. The number of anilines is 1. The van der Waals surface area contributed by atoms with Crippen molar-refractivity contribution in [2.24, 2.45) is 5.92 Å². The van der Waals surface area contributed by atoms with Gasteiger partial charge in [-0.2, -0.15) is 13.2 Å². The van der Waals surface area contributed by atoms with Gasteiger partial charge >= 0.3 is 12.1 Å². The van der Waals surface area contributed by atoms with Crippen LogP contribution in [0.2, 0.25) is 0 Å². The summed E-state index contributed by atoms with van der Waals surface area (Å²) < 4.78 is 41.7. The minimum atomic E-state index is -4.44. The molecule has 0 saturated heterocycles. The molecule has 4 heterocycles. The van der Waals surface area contributed by atoms with E-state index in [1.54, 1.807) is 10.8 Å². The lowest BCUT2D eigenvalue weighted by Gasteiger charge is -2.32. The fourth-order valence-corrected chi connectivity index (χ4v) is 5.42. The van der Waals surface area contributed by atoms with Gasteiger partial charge < -0.3 is 15.0 Å². The van der Waals surface area contributed by atoms with E-state index in [0.29, 0.717) is 39.2 Å². The monoisotopic (exact) mass is 574 g/mol. The fraction of sp³-hybridized carbons (Fsp3) is 0.464. The number of halogens is 3. The number of nitrogens with one attached hydrogen (secondary N) is 1. The Labute approximate surface area is 234 Å². The van der Waals surface area contributed by atoms with Gasteiger partial charge in [-0.25, -0.2) is 19.7 Å². The van der Waals surface area contributed by atoms with Gasteiger partial charge in [0.25, 0.3) is 0 Å². The first kappa shape index (κ1) is 29.4. The lowest BCUT2D eigenvalue weighted by atomic mass is 9.80. The zero-order valence-corrected chi connectivity index (χ0v) is 23.9. The van der Waals surface area contributed by atoms with Gasteiger partial charge in [-0.05, 0) is 61.4 Å². The lowest BCUT2D eigenvalue weighted by Crippen LogP contribution is -2.31. The van der Waals surface area contributed by atoms with Crippen LogP contribution in [0.15, 0.2) is 30.5 Å². The number of nitrogens with zero attached hydrogens (tertiary/aromatic N) is 5. The van der Waals surface area contributed by atoms with Crippen LogP contribution in [0, 0.1) is 5.92 Å². The maximum atomic E-state index is 13.3. The number of pyridine rings is 1. The number of alkyl halides is 3. The molecule has 0 aliphatic heterocycles. The molecule has 0 aromatic carbocycles. The minimum Gasteiger partial charge on any atom is -0.475 e. The van der Waals surface area contributed by atoms with Crippen molar-refractivity contribution >= 4 is 34.3 Å². The fourth-order valence-electron chi connectivity index (χ4n) is 4.55. The Morgan fingerprint density at radius 2 is 1.88 bits per heavy atom. The van der Waals surface area contributed by atoms with E-state index in [-0.39, 0.29) is 30.0 Å². The molecule has 1 aliphatic rings. The molecule has 12 heteroatoms. The van der Waals surface area contributed by atoms with Gasteiger partial charge in [-0.3, -0.25) is 4.98 Å². The summed E-state index contributed by atoms with van der Waals surface area (Å²) in [5.41, 5.74) is 2.09. The molecule has 40 heavy (non-hydrogen) atoms. The molecule has 1 saturated carbocycles. The summed E-state index contributed by atoms with van der Waals surface area (Å²) in [6.07, 6.45) is 0.462. The third-order valence-corrected chi connectivity index (χ3v) is 8.07. The SMILES string of the molecule is CC.CC(C)c1ccnc(-c2nc3nc(C(=O)O)nc(NC(C)C4CCC4)c3n2Cc2ccc(C(F)(F)F)s2)c1. The van der Waals surface area contributed by atoms with Crippen molar-refractivity contribution in [2.75, 3.05) is 5.32 Å². The lowest BCUT2D eigenvalue weighted by molar-refractivity contribution is -0.134. The quantitative estimate of drug-likeness (QED) is 0.225. The molecule has 2 N–H and O–H groups in total. The molecule has 4 aromatic rings. The molecule has 5 rings (SSSR count). The van der Waals surface area contributed by atoms with E-state index in [2.05, 4.69) is 25.3 Å². The van der Waals surface area contributed by atoms with Crippen molar-refractivity contribution in [3.05, 3.63) is 51.6 Å². The topological polar surface area (TPSA) is 106 Å². The standard InChI is InChI=1S/C26H27F3N6O2S.C2H6/c1-13(2)16-9-10-30-18(11-16)24-34-22-20(35(24)12-17-7-8-19(38-17)26(27,28)29)21(32-23(33-22)25(36)37)31-14(3)15-5-4-6-15;1-2/h7-11,13-15H,4-6,12H2,1-3H3,(H,36,37)(H,31,32,33);1-2H3. The average molecular weight is 575 g/mol. The number of aromatic nitrogens is 5. The summed E-state index contributed by atoms with van der Waals surface area (Å²) in [5, 5.41) is 13.0. The highest BCUT2D eigenvalue weighted by Gasteiger charge is 2.33. The Morgan fingerprint density at radius 1 is 1.15 bits per heavy atom. The van der Waals surface area contributed by atoms with Gasteiger partial charge in [0.1, 0.15) is 16.1 Å². The Bertz CT molecular complexity index is 1490. The molecule has 0 radical (unpaired) electrons. The number of imidazole rings is 1. The van der Waals surface area contributed by atoms with E-state index >= 15 is 0 Å². The average Bonchev–Trinajstić information content (AvgIpc) is 3.50. The van der Waals surface area contributed by atoms with Crippen LogP contribution < -0.4 is 5.32 Å². The molecule has 0 bridgehead atoms. The number of carbonyl (C=O) groups is 1. The number of hydrogen-bond acceptors (Lipinski definition) is 7. The Morgan fingerprint density at radius 3 is 2.45 bits per heavy atom. The van der Waals surface area contributed by atoms with Crippen LogP contribution >= 0.6 is 11.3 Å². The molecular formula is C28H33F3N6O2S. The number of fused-ring (bicyclic) bond motifs is 1. The van der Waals surface area contributed by atoms with Crippen molar-refractivity contribution in [1.82, 2.24) is 24.5 Å². The first-order valence-electron chi connectivity index (χ1n) is 13.4. The summed E-state index contributed by atoms with van der Waals surface area (Å²) in [5.74, 6) is -0.411. The Kier molecular flexibility index (Phi) is 8.77. The van der Waals surface area contributed by atoms with Gasteiger partial charge in [0.2, 0.25) is 5.82 Å². The van der Waals surface area contributed by atoms with E-state index in [1.165, 1.54) is 6.07 Å². The van der Waals surface area contributed by atoms with Crippen LogP contribution in [0.1, 0.15) is 85.7 Å². The minimum absolute atomic E-state index is 0.0104. The first-order valence-corrected chi connectivity index (χ1v) is 14.2. The molecule has 214 valence electrons. The van der Waals surface area contributed by atoms with Crippen LogP contribution in [-0.4, -0.2) is 41.6 Å². The van der Waals surface area contributed by atoms with Crippen molar-refractivity contribution in [3.8, 4) is 11.5 Å². The van der Waals surface area contributed by atoms with Crippen LogP contribution in [0.5, 0.6) is 0 Å². The molecule has 0 spiro atoms. The number of thiophene rings is 1. The van der Waals surface area contributed by atoms with Gasteiger partial charge in [0, 0.05) is 17.1 Å². The smallest absolute Gasteiger partial charge is 0.425 e. The molecular weight excluding hydrogens is 541 g/mol. The third kappa shape index (κ3) is 6.11. The number of aromatic carboxylic acids is 1. The molecule has 4 aromatic heterocycles. The summed E-state index contributed by atoms with van der Waals surface area (Å²) >= 11 is 0.655. The molecule has 1 atom stereocenters. The van der Waals surface area contributed by atoms with E-state index in [4.69, 9.17) is 0 Å². The number of carboxylic acid groups (broad SMARTS) is 1. The molecule has 1 aliphatic carbocycles. The Balaban J connectivity index is 0.00000181. The number of hydrogen-bond donors (Lipinski definition) is 2. The van der Waals surface area contributed by atoms with Crippen molar-refractivity contribution < 1.29 is 23.1 Å². The summed E-state index contributed by atoms with van der Waals surface area (Å²) in [6, 6.07) is 6.29. The summed E-state index contributed by atoms with van der Waals surface area (Å²) in [7, 11) is 0. The highest BCUT2D eigenvalue weighted by molar-refractivity contribution is 7.12. The van der Waals surface area contributed by atoms with E-state index in [1.807, 2.05) is 46.8 Å². The second-order valence-electron chi connectivity index (χ2n) is 9.91. The van der Waals surface area contributed by atoms with Crippen molar-refractivity contribution in [1.29, 1.82) is 0 Å². The van der Waals surface area contributed by atoms with Gasteiger partial charge in [-0.1, -0.05) is 34.1 Å². The van der Waals surface area contributed by atoms with E-state index < -0.39 is 22.8 Å². The highest BCUT2D eigenvalue weighted by Crippen LogP contribution is 2.37. The van der Waals surface area contributed by atoms with E-state index in [0.717, 1.165) is 30.9 Å². The maximum absolute atomic E-state index is 13.3. The zero-order chi connectivity index (χ0) is 29.2. The van der Waals surface area contributed by atoms with Gasteiger partial charge in [-0.15, -0.1) is 11.3 Å². The second-order valence-corrected chi connectivity index (χ2v) is 11.1. The predicted molar refractivity (Wildman–Crippen MR) is 150 cm³/mol. The zero-order valence-electron chi connectivity index (χ0n) is 23.1. The second kappa shape index (κ2) is 11.9. The third-order valence-electron chi connectivity index (χ3n) is 6.95. The van der Waals surface area contributed by atoms with Gasteiger partial charge in [0.15, 0.2) is 17.3 Å². The van der Waals surface area contributed by atoms with E-state index in [9.17, 15) is 23.1 Å². The van der Waals surface area contributed by atoms with Crippen LogP contribution in [0.4, 0.5) is 19.0 Å². The first-order chi connectivity index (χ1) is 19.0. The van der Waals surface area contributed by atoms with Crippen molar-refractivity contribution in [3.63, 3.8) is 0 Å². The van der Waals surface area contributed by atoms with Gasteiger partial charge in [0.05, 0.1) is 6.54 Å². The van der Waals surface area contributed by atoms with Crippen LogP contribution in [0.3, 0.4) is 0 Å². The van der Waals surface area contributed by atoms with Crippen LogP contribution in [-0.2, 0) is 12.7 Å². The normalized spacial score (nSPS) is 14.5. The van der Waals surface area contributed by atoms with Crippen LogP contribution in [0.25, 0.3) is 22.7 Å². The predicted octanol–water partition coefficient (Wildman–Crippen LogP) is 7.47. The molecule has 8 nitrogen and oxygen atoms in total. The molecule has 1 unspecified atom stereocenters. The largest absolute Gasteiger partial charge is 0.475 e.